The van der Waals surface area contributed by atoms with Crippen LogP contribution in [0, 0.1) is 9.39 Å². The van der Waals surface area contributed by atoms with Crippen LogP contribution >= 0.6 is 22.6 Å². The summed E-state index contributed by atoms with van der Waals surface area (Å²) in [5.41, 5.74) is 2.15. The molecule has 0 aliphatic heterocycles. The highest BCUT2D eigenvalue weighted by molar-refractivity contribution is 14.1. The van der Waals surface area contributed by atoms with Gasteiger partial charge in [-0.05, 0) is 60.2 Å². The number of benzene rings is 1. The molecule has 0 saturated heterocycles. The van der Waals surface area contributed by atoms with E-state index in [1.54, 1.807) is 6.07 Å². The fraction of sp³-hybridized carbons (Fsp3) is 0.385. The van der Waals surface area contributed by atoms with Gasteiger partial charge in [-0.25, -0.2) is 4.39 Å². The van der Waals surface area contributed by atoms with Crippen molar-refractivity contribution >= 4 is 22.6 Å². The molecule has 0 heterocycles. The van der Waals surface area contributed by atoms with Crippen LogP contribution in [0.1, 0.15) is 31.9 Å². The molecule has 0 radical (unpaired) electrons. The summed E-state index contributed by atoms with van der Waals surface area (Å²) in [6.07, 6.45) is 1.07. The van der Waals surface area contributed by atoms with E-state index in [4.69, 9.17) is 0 Å². The number of rotatable bonds is 5. The first-order valence-electron chi connectivity index (χ1n) is 5.40. The molecule has 0 spiro atoms. The maximum absolute atomic E-state index is 13.0. The molecule has 1 aromatic carbocycles. The minimum absolute atomic E-state index is 0.118. The molecule has 1 N–H and O–H groups in total. The quantitative estimate of drug-likeness (QED) is 0.633. The normalized spacial score (nSPS) is 12.5. The lowest BCUT2D eigenvalue weighted by Crippen LogP contribution is -2.23. The van der Waals surface area contributed by atoms with Gasteiger partial charge in [0.1, 0.15) is 5.82 Å². The second kappa shape index (κ2) is 6.35. The predicted octanol–water partition coefficient (Wildman–Crippen LogP) is 4.05. The highest BCUT2D eigenvalue weighted by Gasteiger charge is 2.14. The van der Waals surface area contributed by atoms with Crippen LogP contribution in [-0.2, 0) is 0 Å². The van der Waals surface area contributed by atoms with E-state index in [2.05, 4.69) is 41.4 Å². The standard InChI is InChI=1S/C13H17FIN/c1-4-7-16-13(9(2)3)11-6-5-10(14)8-12(11)15/h5-6,8,13,16H,2,4,7H2,1,3H3. The van der Waals surface area contributed by atoms with Gasteiger partial charge in [0.15, 0.2) is 0 Å². The monoisotopic (exact) mass is 333 g/mol. The number of nitrogens with one attached hydrogen (secondary N) is 1. The first kappa shape index (κ1) is 13.6. The first-order chi connectivity index (χ1) is 7.56. The van der Waals surface area contributed by atoms with E-state index < -0.39 is 0 Å². The second-order valence-corrected chi connectivity index (χ2v) is 5.06. The number of hydrogen-bond donors (Lipinski definition) is 1. The fourth-order valence-electron chi connectivity index (χ4n) is 1.57. The average Bonchev–Trinajstić information content (AvgIpc) is 2.20. The van der Waals surface area contributed by atoms with Gasteiger partial charge in [0.05, 0.1) is 6.04 Å². The van der Waals surface area contributed by atoms with Crippen molar-refractivity contribution in [2.75, 3.05) is 6.54 Å². The third-order valence-electron chi connectivity index (χ3n) is 2.36. The fourth-order valence-corrected chi connectivity index (χ4v) is 2.36. The first-order valence-corrected chi connectivity index (χ1v) is 6.47. The Kier molecular flexibility index (Phi) is 5.41. The zero-order valence-corrected chi connectivity index (χ0v) is 11.8. The summed E-state index contributed by atoms with van der Waals surface area (Å²) in [5.74, 6) is -0.191. The lowest BCUT2D eigenvalue weighted by Gasteiger charge is -2.20. The number of halogens is 2. The zero-order chi connectivity index (χ0) is 12.1. The van der Waals surface area contributed by atoms with Crippen LogP contribution in [0.5, 0.6) is 0 Å². The molecule has 16 heavy (non-hydrogen) atoms. The van der Waals surface area contributed by atoms with Gasteiger partial charge in [0.25, 0.3) is 0 Å². The summed E-state index contributed by atoms with van der Waals surface area (Å²) >= 11 is 2.17. The van der Waals surface area contributed by atoms with E-state index in [1.165, 1.54) is 6.07 Å². The summed E-state index contributed by atoms with van der Waals surface area (Å²) in [7, 11) is 0. The SMILES string of the molecule is C=C(C)C(NCCC)c1ccc(F)cc1I. The smallest absolute Gasteiger partial charge is 0.124 e. The molecular weight excluding hydrogens is 316 g/mol. The van der Waals surface area contributed by atoms with E-state index in [9.17, 15) is 4.39 Å². The molecule has 0 saturated carbocycles. The van der Waals surface area contributed by atoms with Crippen molar-refractivity contribution in [3.63, 3.8) is 0 Å². The van der Waals surface area contributed by atoms with Crippen molar-refractivity contribution in [1.29, 1.82) is 0 Å². The van der Waals surface area contributed by atoms with Gasteiger partial charge in [-0.1, -0.05) is 25.1 Å². The largest absolute Gasteiger partial charge is 0.307 e. The maximum atomic E-state index is 13.0. The Bertz CT molecular complexity index is 376. The second-order valence-electron chi connectivity index (χ2n) is 3.90. The van der Waals surface area contributed by atoms with Crippen molar-refractivity contribution < 1.29 is 4.39 Å². The van der Waals surface area contributed by atoms with E-state index in [1.807, 2.05) is 13.0 Å². The molecule has 1 rings (SSSR count). The molecule has 0 aromatic heterocycles. The molecule has 0 aliphatic carbocycles. The molecule has 0 amide bonds. The van der Waals surface area contributed by atoms with Crippen molar-refractivity contribution in [2.45, 2.75) is 26.3 Å². The molecule has 3 heteroatoms. The predicted molar refractivity (Wildman–Crippen MR) is 75.0 cm³/mol. The molecule has 0 fully saturated rings. The van der Waals surface area contributed by atoms with Crippen LogP contribution in [0.25, 0.3) is 0 Å². The van der Waals surface area contributed by atoms with Gasteiger partial charge in [0, 0.05) is 3.57 Å². The van der Waals surface area contributed by atoms with Crippen LogP contribution in [0.3, 0.4) is 0 Å². The third kappa shape index (κ3) is 3.56. The summed E-state index contributed by atoms with van der Waals surface area (Å²) in [6, 6.07) is 5.01. The van der Waals surface area contributed by atoms with Crippen LogP contribution in [0.15, 0.2) is 30.4 Å². The van der Waals surface area contributed by atoms with Gasteiger partial charge < -0.3 is 5.32 Å². The van der Waals surface area contributed by atoms with E-state index in [0.717, 1.165) is 27.7 Å². The van der Waals surface area contributed by atoms with Crippen LogP contribution in [0.4, 0.5) is 4.39 Å². The van der Waals surface area contributed by atoms with Gasteiger partial charge in [-0.15, -0.1) is 0 Å². The Hall–Kier alpha value is -0.420. The van der Waals surface area contributed by atoms with Crippen LogP contribution < -0.4 is 5.32 Å². The van der Waals surface area contributed by atoms with E-state index in [-0.39, 0.29) is 11.9 Å². The molecular formula is C13H17FIN. The Morgan fingerprint density at radius 2 is 2.25 bits per heavy atom. The molecule has 1 atom stereocenters. The molecule has 1 aromatic rings. The Labute approximate surface area is 110 Å². The minimum Gasteiger partial charge on any atom is -0.307 e. The Morgan fingerprint density at radius 3 is 2.75 bits per heavy atom. The highest BCUT2D eigenvalue weighted by atomic mass is 127. The van der Waals surface area contributed by atoms with Gasteiger partial charge in [0.2, 0.25) is 0 Å². The third-order valence-corrected chi connectivity index (χ3v) is 3.30. The topological polar surface area (TPSA) is 12.0 Å². The number of hydrogen-bond acceptors (Lipinski definition) is 1. The highest BCUT2D eigenvalue weighted by Crippen LogP contribution is 2.25. The lowest BCUT2D eigenvalue weighted by atomic mass is 10.0. The summed E-state index contributed by atoms with van der Waals surface area (Å²) in [6.45, 7) is 9.04. The Balaban J connectivity index is 2.96. The molecule has 1 nitrogen and oxygen atoms in total. The van der Waals surface area contributed by atoms with Gasteiger partial charge in [-0.3, -0.25) is 0 Å². The van der Waals surface area contributed by atoms with Crippen molar-refractivity contribution in [1.82, 2.24) is 5.32 Å². The molecule has 1 unspecified atom stereocenters. The summed E-state index contributed by atoms with van der Waals surface area (Å²) in [4.78, 5) is 0. The molecule has 0 aliphatic rings. The van der Waals surface area contributed by atoms with Gasteiger partial charge in [-0.2, -0.15) is 0 Å². The van der Waals surface area contributed by atoms with Crippen LogP contribution in [0.2, 0.25) is 0 Å². The average molecular weight is 333 g/mol. The van der Waals surface area contributed by atoms with Crippen molar-refractivity contribution in [3.05, 3.63) is 45.3 Å². The minimum atomic E-state index is -0.191. The van der Waals surface area contributed by atoms with E-state index >= 15 is 0 Å². The van der Waals surface area contributed by atoms with Gasteiger partial charge >= 0.3 is 0 Å². The Morgan fingerprint density at radius 1 is 1.56 bits per heavy atom. The van der Waals surface area contributed by atoms with Crippen molar-refractivity contribution in [2.24, 2.45) is 0 Å². The molecule has 0 bridgehead atoms. The zero-order valence-electron chi connectivity index (χ0n) is 9.69. The van der Waals surface area contributed by atoms with Crippen molar-refractivity contribution in [3.8, 4) is 0 Å². The maximum Gasteiger partial charge on any atom is 0.124 e. The van der Waals surface area contributed by atoms with E-state index in [0.29, 0.717) is 0 Å². The summed E-state index contributed by atoms with van der Waals surface area (Å²) < 4.78 is 14.0. The van der Waals surface area contributed by atoms with Crippen LogP contribution in [-0.4, -0.2) is 6.54 Å². The summed E-state index contributed by atoms with van der Waals surface area (Å²) in [5, 5.41) is 3.42. The lowest BCUT2D eigenvalue weighted by molar-refractivity contribution is 0.584. The molecule has 88 valence electrons.